The highest BCUT2D eigenvalue weighted by molar-refractivity contribution is 5.85. The number of nitrogens with zero attached hydrogens (tertiary/aromatic N) is 1. The van der Waals surface area contributed by atoms with Crippen LogP contribution in [0.15, 0.2) is 30.3 Å². The number of carboxylic acids is 1. The van der Waals surface area contributed by atoms with Gasteiger partial charge in [0.15, 0.2) is 0 Å². The van der Waals surface area contributed by atoms with Crippen LogP contribution in [0.1, 0.15) is 24.5 Å². The largest absolute Gasteiger partial charge is 0.478 e. The second-order valence-corrected chi connectivity index (χ2v) is 5.80. The maximum absolute atomic E-state index is 11.5. The zero-order chi connectivity index (χ0) is 15.5. The number of hydrogen-bond acceptors (Lipinski definition) is 3. The van der Waals surface area contributed by atoms with Crippen LogP contribution >= 0.6 is 0 Å². The predicted octanol–water partition coefficient (Wildman–Crippen LogP) is 1.48. The summed E-state index contributed by atoms with van der Waals surface area (Å²) >= 11 is 0. The number of primary amides is 1. The Kier molecular flexibility index (Phi) is 4.43. The Morgan fingerprint density at radius 3 is 2.86 bits per heavy atom. The molecule has 5 nitrogen and oxygen atoms in total. The molecule has 5 heteroatoms. The SMILES string of the molecule is CC1(C(N)=O)CCN(Cc2cccc(/C=C/C(=O)O)c2)C1. The minimum absolute atomic E-state index is 0.247. The molecule has 1 heterocycles. The molecule has 112 valence electrons. The van der Waals surface area contributed by atoms with Crippen molar-refractivity contribution in [3.63, 3.8) is 0 Å². The van der Waals surface area contributed by atoms with Gasteiger partial charge < -0.3 is 10.8 Å². The van der Waals surface area contributed by atoms with Crippen LogP contribution in [0.2, 0.25) is 0 Å². The van der Waals surface area contributed by atoms with Gasteiger partial charge in [-0.25, -0.2) is 4.79 Å². The fourth-order valence-corrected chi connectivity index (χ4v) is 2.61. The molecule has 21 heavy (non-hydrogen) atoms. The number of carbonyl (C=O) groups excluding carboxylic acids is 1. The zero-order valence-electron chi connectivity index (χ0n) is 12.1. The molecule has 0 spiro atoms. The van der Waals surface area contributed by atoms with E-state index in [0.29, 0.717) is 6.54 Å². The third-order valence-electron chi connectivity index (χ3n) is 3.92. The summed E-state index contributed by atoms with van der Waals surface area (Å²) in [6, 6.07) is 7.72. The maximum Gasteiger partial charge on any atom is 0.328 e. The Morgan fingerprint density at radius 2 is 2.24 bits per heavy atom. The van der Waals surface area contributed by atoms with E-state index in [9.17, 15) is 9.59 Å². The van der Waals surface area contributed by atoms with Gasteiger partial charge in [-0.15, -0.1) is 0 Å². The van der Waals surface area contributed by atoms with E-state index in [2.05, 4.69) is 4.90 Å². The van der Waals surface area contributed by atoms with Crippen LogP contribution in [0.3, 0.4) is 0 Å². The molecule has 0 bridgehead atoms. The first-order valence-electron chi connectivity index (χ1n) is 6.91. The van der Waals surface area contributed by atoms with E-state index in [-0.39, 0.29) is 5.91 Å². The molecule has 2 rings (SSSR count). The number of likely N-dealkylation sites (tertiary alicyclic amines) is 1. The average molecular weight is 288 g/mol. The molecule has 3 N–H and O–H groups in total. The highest BCUT2D eigenvalue weighted by atomic mass is 16.4. The van der Waals surface area contributed by atoms with Gasteiger partial charge in [-0.3, -0.25) is 9.69 Å². The second kappa shape index (κ2) is 6.10. The van der Waals surface area contributed by atoms with Gasteiger partial charge in [-0.05, 0) is 37.1 Å². The molecule has 0 aromatic heterocycles. The van der Waals surface area contributed by atoms with E-state index >= 15 is 0 Å². The second-order valence-electron chi connectivity index (χ2n) is 5.80. The first-order chi connectivity index (χ1) is 9.89. The molecule has 1 unspecified atom stereocenters. The number of nitrogens with two attached hydrogens (primary N) is 1. The monoisotopic (exact) mass is 288 g/mol. The summed E-state index contributed by atoms with van der Waals surface area (Å²) < 4.78 is 0. The van der Waals surface area contributed by atoms with Crippen LogP contribution in [-0.4, -0.2) is 35.0 Å². The van der Waals surface area contributed by atoms with Crippen LogP contribution in [0, 0.1) is 5.41 Å². The first kappa shape index (κ1) is 15.3. The van der Waals surface area contributed by atoms with E-state index in [4.69, 9.17) is 10.8 Å². The van der Waals surface area contributed by atoms with Gasteiger partial charge in [-0.1, -0.05) is 24.3 Å². The van der Waals surface area contributed by atoms with Crippen molar-refractivity contribution >= 4 is 18.0 Å². The molecule has 0 aliphatic carbocycles. The van der Waals surface area contributed by atoms with Crippen molar-refractivity contribution in [3.05, 3.63) is 41.5 Å². The van der Waals surface area contributed by atoms with E-state index in [1.807, 2.05) is 31.2 Å². The lowest BCUT2D eigenvalue weighted by molar-refractivity contribution is -0.131. The van der Waals surface area contributed by atoms with Crippen molar-refractivity contribution < 1.29 is 14.7 Å². The number of rotatable bonds is 5. The lowest BCUT2D eigenvalue weighted by Crippen LogP contribution is -2.36. The standard InChI is InChI=1S/C16H20N2O3/c1-16(15(17)21)7-8-18(11-16)10-13-4-2-3-12(9-13)5-6-14(19)20/h2-6,9H,7-8,10-11H2,1H3,(H2,17,21)(H,19,20)/b6-5+. The number of amides is 1. The highest BCUT2D eigenvalue weighted by Gasteiger charge is 2.38. The van der Waals surface area contributed by atoms with Gasteiger partial charge in [0.2, 0.25) is 5.91 Å². The van der Waals surface area contributed by atoms with Crippen LogP contribution < -0.4 is 5.73 Å². The molecule has 0 saturated carbocycles. The van der Waals surface area contributed by atoms with E-state index in [1.54, 1.807) is 6.08 Å². The van der Waals surface area contributed by atoms with E-state index in [0.717, 1.165) is 36.7 Å². The summed E-state index contributed by atoms with van der Waals surface area (Å²) in [6.07, 6.45) is 3.48. The topological polar surface area (TPSA) is 83.6 Å². The molecule has 1 aliphatic heterocycles. The average Bonchev–Trinajstić information content (AvgIpc) is 2.80. The summed E-state index contributed by atoms with van der Waals surface area (Å²) in [5.41, 5.74) is 6.95. The van der Waals surface area contributed by atoms with E-state index < -0.39 is 11.4 Å². The maximum atomic E-state index is 11.5. The summed E-state index contributed by atoms with van der Waals surface area (Å²) in [5.74, 6) is -1.21. The van der Waals surface area contributed by atoms with Crippen molar-refractivity contribution in [2.45, 2.75) is 19.9 Å². The van der Waals surface area contributed by atoms with Crippen molar-refractivity contribution in [2.75, 3.05) is 13.1 Å². The Hall–Kier alpha value is -2.14. The zero-order valence-corrected chi connectivity index (χ0v) is 12.1. The van der Waals surface area contributed by atoms with Gasteiger partial charge in [0, 0.05) is 19.2 Å². The van der Waals surface area contributed by atoms with Gasteiger partial charge >= 0.3 is 5.97 Å². The molecule has 1 atom stereocenters. The van der Waals surface area contributed by atoms with Crippen molar-refractivity contribution in [1.82, 2.24) is 4.90 Å². The lowest BCUT2D eigenvalue weighted by Gasteiger charge is -2.21. The van der Waals surface area contributed by atoms with Crippen molar-refractivity contribution in [2.24, 2.45) is 11.1 Å². The number of carbonyl (C=O) groups is 2. The summed E-state index contributed by atoms with van der Waals surface area (Å²) in [5, 5.41) is 8.64. The molecule has 1 aliphatic rings. The smallest absolute Gasteiger partial charge is 0.328 e. The van der Waals surface area contributed by atoms with Crippen LogP contribution in [-0.2, 0) is 16.1 Å². The van der Waals surface area contributed by atoms with Crippen LogP contribution in [0.25, 0.3) is 6.08 Å². The van der Waals surface area contributed by atoms with Crippen molar-refractivity contribution in [1.29, 1.82) is 0 Å². The normalized spacial score (nSPS) is 22.7. The molecule has 1 aromatic rings. The Labute approximate surface area is 124 Å². The van der Waals surface area contributed by atoms with Gasteiger partial charge in [0.1, 0.15) is 0 Å². The molecule has 0 radical (unpaired) electrons. The molecular weight excluding hydrogens is 268 g/mol. The molecule has 1 aromatic carbocycles. The minimum atomic E-state index is -0.961. The summed E-state index contributed by atoms with van der Waals surface area (Å²) in [6.45, 7) is 4.14. The number of carboxylic acid groups (broad SMARTS) is 1. The van der Waals surface area contributed by atoms with Crippen molar-refractivity contribution in [3.8, 4) is 0 Å². The van der Waals surface area contributed by atoms with E-state index in [1.165, 1.54) is 0 Å². The summed E-state index contributed by atoms with van der Waals surface area (Å²) in [7, 11) is 0. The lowest BCUT2D eigenvalue weighted by atomic mass is 9.89. The fraction of sp³-hybridized carbons (Fsp3) is 0.375. The predicted molar refractivity (Wildman–Crippen MR) is 80.3 cm³/mol. The third-order valence-corrected chi connectivity index (χ3v) is 3.92. The quantitative estimate of drug-likeness (QED) is 0.804. The number of hydrogen-bond donors (Lipinski definition) is 2. The Balaban J connectivity index is 2.03. The van der Waals surface area contributed by atoms with Gasteiger partial charge in [0.05, 0.1) is 5.41 Å². The van der Waals surface area contributed by atoms with Gasteiger partial charge in [0.25, 0.3) is 0 Å². The first-order valence-corrected chi connectivity index (χ1v) is 6.91. The molecule has 1 fully saturated rings. The Morgan fingerprint density at radius 1 is 1.48 bits per heavy atom. The molecule has 1 amide bonds. The number of aliphatic carboxylic acids is 1. The number of benzene rings is 1. The minimum Gasteiger partial charge on any atom is -0.478 e. The highest BCUT2D eigenvalue weighted by Crippen LogP contribution is 2.30. The summed E-state index contributed by atoms with van der Waals surface area (Å²) in [4.78, 5) is 24.2. The van der Waals surface area contributed by atoms with Crippen LogP contribution in [0.4, 0.5) is 0 Å². The van der Waals surface area contributed by atoms with Crippen LogP contribution in [0.5, 0.6) is 0 Å². The Bertz CT molecular complexity index is 583. The van der Waals surface area contributed by atoms with Gasteiger partial charge in [-0.2, -0.15) is 0 Å². The molecule has 1 saturated heterocycles. The molecular formula is C16H20N2O3. The fourth-order valence-electron chi connectivity index (χ4n) is 2.61. The third kappa shape index (κ3) is 3.92.